The van der Waals surface area contributed by atoms with Crippen LogP contribution in [0, 0.1) is 0 Å². The third-order valence-electron chi connectivity index (χ3n) is 3.77. The minimum absolute atomic E-state index is 0.116. The largest absolute Gasteiger partial charge is 0.417 e. The second-order valence-electron chi connectivity index (χ2n) is 5.71. The molecule has 0 aliphatic carbocycles. The molecule has 2 aromatic carbocycles. The van der Waals surface area contributed by atoms with E-state index < -0.39 is 30.4 Å². The smallest absolute Gasteiger partial charge is 0.312 e. The Morgan fingerprint density at radius 2 is 1.72 bits per heavy atom. The van der Waals surface area contributed by atoms with Gasteiger partial charge >= 0.3 is 19.8 Å². The summed E-state index contributed by atoms with van der Waals surface area (Å²) in [6.45, 7) is 0. The van der Waals surface area contributed by atoms with Crippen LogP contribution in [0.3, 0.4) is 0 Å². The Labute approximate surface area is 174 Å². The Morgan fingerprint density at radius 1 is 1.07 bits per heavy atom. The zero-order valence-electron chi connectivity index (χ0n) is 15.1. The van der Waals surface area contributed by atoms with Gasteiger partial charge in [-0.05, 0) is 42.0 Å². The number of urea groups is 1. The summed E-state index contributed by atoms with van der Waals surface area (Å²) in [7, 11) is -1.03. The van der Waals surface area contributed by atoms with Crippen molar-refractivity contribution in [3.63, 3.8) is 0 Å². The molecule has 0 saturated heterocycles. The first-order valence-corrected chi connectivity index (χ1v) is 10.4. The number of carbonyl (C=O) groups excluding carboxylic acids is 1. The molecule has 6 nitrogen and oxygen atoms in total. The summed E-state index contributed by atoms with van der Waals surface area (Å²) in [5.74, 6) is 0. The molecular formula is C17H16Cl2F3N2O4P. The zero-order valence-corrected chi connectivity index (χ0v) is 17.5. The van der Waals surface area contributed by atoms with E-state index in [1.807, 2.05) is 0 Å². The molecule has 0 atom stereocenters. The predicted octanol–water partition coefficient (Wildman–Crippen LogP) is 6.64. The van der Waals surface area contributed by atoms with Crippen molar-refractivity contribution in [2.75, 3.05) is 24.9 Å². The number of hydrogen-bond donors (Lipinski definition) is 2. The summed E-state index contributed by atoms with van der Waals surface area (Å²) < 4.78 is 61.0. The van der Waals surface area contributed by atoms with Crippen molar-refractivity contribution >= 4 is 48.2 Å². The van der Waals surface area contributed by atoms with Crippen LogP contribution < -0.4 is 10.6 Å². The molecule has 2 rings (SSSR count). The van der Waals surface area contributed by atoms with E-state index in [0.717, 1.165) is 6.07 Å². The van der Waals surface area contributed by atoms with E-state index in [1.165, 1.54) is 38.5 Å². The van der Waals surface area contributed by atoms with E-state index in [2.05, 4.69) is 10.6 Å². The van der Waals surface area contributed by atoms with Gasteiger partial charge in [0, 0.05) is 30.6 Å². The maximum absolute atomic E-state index is 13.0. The van der Waals surface area contributed by atoms with E-state index >= 15 is 0 Å². The number of hydrogen-bond acceptors (Lipinski definition) is 4. The van der Waals surface area contributed by atoms with Crippen molar-refractivity contribution in [1.29, 1.82) is 0 Å². The number of carbonyl (C=O) groups is 1. The van der Waals surface area contributed by atoms with Crippen molar-refractivity contribution in [2.45, 2.75) is 12.3 Å². The predicted molar refractivity (Wildman–Crippen MR) is 106 cm³/mol. The van der Waals surface area contributed by atoms with Crippen LogP contribution in [0.5, 0.6) is 0 Å². The van der Waals surface area contributed by atoms with Crippen LogP contribution >= 0.6 is 30.8 Å². The van der Waals surface area contributed by atoms with Gasteiger partial charge in [0.2, 0.25) is 0 Å². The molecule has 0 radical (unpaired) electrons. The Morgan fingerprint density at radius 3 is 2.31 bits per heavy atom. The quantitative estimate of drug-likeness (QED) is 0.463. The van der Waals surface area contributed by atoms with Gasteiger partial charge in [-0.2, -0.15) is 13.2 Å². The van der Waals surface area contributed by atoms with Crippen molar-refractivity contribution < 1.29 is 31.6 Å². The highest BCUT2D eigenvalue weighted by Gasteiger charge is 2.33. The fourth-order valence-corrected chi connectivity index (χ4v) is 3.84. The average Bonchev–Trinajstić information content (AvgIpc) is 2.64. The lowest BCUT2D eigenvalue weighted by Gasteiger charge is -2.17. The third-order valence-corrected chi connectivity index (χ3v) is 6.17. The normalized spacial score (nSPS) is 12.0. The molecule has 0 aromatic heterocycles. The second kappa shape index (κ2) is 9.36. The van der Waals surface area contributed by atoms with Gasteiger partial charge in [-0.1, -0.05) is 23.2 Å². The minimum atomic E-state index is -4.67. The summed E-state index contributed by atoms with van der Waals surface area (Å²) in [6, 6.07) is 6.55. The van der Waals surface area contributed by atoms with Crippen molar-refractivity contribution in [3.8, 4) is 0 Å². The van der Waals surface area contributed by atoms with Gasteiger partial charge in [0.1, 0.15) is 0 Å². The first-order chi connectivity index (χ1) is 13.5. The van der Waals surface area contributed by atoms with E-state index in [-0.39, 0.29) is 17.5 Å². The SMILES string of the molecule is COP(=O)(Cc1cc(Cl)ccc1NC(=O)Nc1ccc(Cl)c(C(F)(F)F)c1)OC. The first kappa shape index (κ1) is 23.5. The van der Waals surface area contributed by atoms with Gasteiger partial charge in [0.15, 0.2) is 0 Å². The highest BCUT2D eigenvalue weighted by molar-refractivity contribution is 7.53. The van der Waals surface area contributed by atoms with Gasteiger partial charge in [-0.25, -0.2) is 4.79 Å². The monoisotopic (exact) mass is 470 g/mol. The molecule has 2 N–H and O–H groups in total. The van der Waals surface area contributed by atoms with Gasteiger partial charge in [-0.15, -0.1) is 0 Å². The molecule has 0 bridgehead atoms. The Hall–Kier alpha value is -1.77. The zero-order chi connectivity index (χ0) is 21.8. The average molecular weight is 471 g/mol. The van der Waals surface area contributed by atoms with Crippen LogP contribution in [-0.2, 0) is 26.0 Å². The van der Waals surface area contributed by atoms with Gasteiger partial charge in [-0.3, -0.25) is 4.57 Å². The lowest BCUT2D eigenvalue weighted by Crippen LogP contribution is -2.20. The highest BCUT2D eigenvalue weighted by atomic mass is 35.5. The van der Waals surface area contributed by atoms with Crippen LogP contribution in [0.25, 0.3) is 0 Å². The molecule has 12 heteroatoms. The summed E-state index contributed by atoms with van der Waals surface area (Å²) in [5.41, 5.74) is -0.613. The Bertz CT molecular complexity index is 949. The lowest BCUT2D eigenvalue weighted by molar-refractivity contribution is -0.137. The Kier molecular flexibility index (Phi) is 7.59. The summed E-state index contributed by atoms with van der Waals surface area (Å²) in [5, 5.41) is 4.59. The van der Waals surface area contributed by atoms with E-state index in [1.54, 1.807) is 0 Å². The topological polar surface area (TPSA) is 76.7 Å². The summed E-state index contributed by atoms with van der Waals surface area (Å²) in [6.07, 6.45) is -4.86. The molecule has 158 valence electrons. The van der Waals surface area contributed by atoms with E-state index in [0.29, 0.717) is 16.7 Å². The number of halogens is 5. The summed E-state index contributed by atoms with van der Waals surface area (Å²) in [4.78, 5) is 12.3. The molecule has 0 aliphatic heterocycles. The maximum atomic E-state index is 13.0. The highest BCUT2D eigenvalue weighted by Crippen LogP contribution is 2.51. The molecule has 0 unspecified atom stereocenters. The standard InChI is InChI=1S/C17H16Cl2F3N2O4P/c1-27-29(26,28-2)9-10-7-11(18)3-6-15(10)24-16(25)23-12-4-5-14(19)13(8-12)17(20,21)22/h3-8H,9H2,1-2H3,(H2,23,24,25). The van der Waals surface area contributed by atoms with Crippen molar-refractivity contribution in [3.05, 3.63) is 57.6 Å². The van der Waals surface area contributed by atoms with E-state index in [4.69, 9.17) is 32.2 Å². The van der Waals surface area contributed by atoms with Crippen LogP contribution in [0.15, 0.2) is 36.4 Å². The van der Waals surface area contributed by atoms with Crippen LogP contribution in [0.2, 0.25) is 10.0 Å². The number of amides is 2. The summed E-state index contributed by atoms with van der Waals surface area (Å²) >= 11 is 11.5. The number of benzene rings is 2. The molecule has 0 aliphatic rings. The molecule has 0 spiro atoms. The molecular weight excluding hydrogens is 455 g/mol. The maximum Gasteiger partial charge on any atom is 0.417 e. The van der Waals surface area contributed by atoms with E-state index in [9.17, 15) is 22.5 Å². The van der Waals surface area contributed by atoms with Gasteiger partial charge < -0.3 is 19.7 Å². The Balaban J connectivity index is 2.23. The fraction of sp³-hybridized carbons (Fsp3) is 0.235. The number of rotatable bonds is 6. The van der Waals surface area contributed by atoms with Crippen LogP contribution in [0.1, 0.15) is 11.1 Å². The third kappa shape index (κ3) is 6.35. The first-order valence-electron chi connectivity index (χ1n) is 7.91. The lowest BCUT2D eigenvalue weighted by atomic mass is 10.2. The van der Waals surface area contributed by atoms with Crippen molar-refractivity contribution in [2.24, 2.45) is 0 Å². The van der Waals surface area contributed by atoms with Crippen molar-refractivity contribution in [1.82, 2.24) is 0 Å². The molecule has 0 heterocycles. The molecule has 2 amide bonds. The molecule has 29 heavy (non-hydrogen) atoms. The number of alkyl halides is 3. The van der Waals surface area contributed by atoms with Crippen LogP contribution in [0.4, 0.5) is 29.3 Å². The molecule has 2 aromatic rings. The van der Waals surface area contributed by atoms with Gasteiger partial charge in [0.05, 0.1) is 16.7 Å². The molecule has 0 fully saturated rings. The number of anilines is 2. The number of nitrogens with one attached hydrogen (secondary N) is 2. The molecule has 0 saturated carbocycles. The minimum Gasteiger partial charge on any atom is -0.312 e. The second-order valence-corrected chi connectivity index (χ2v) is 8.82. The van der Waals surface area contributed by atoms with Crippen LogP contribution in [-0.4, -0.2) is 20.3 Å². The fourth-order valence-electron chi connectivity index (χ4n) is 2.33. The van der Waals surface area contributed by atoms with Gasteiger partial charge in [0.25, 0.3) is 0 Å².